The van der Waals surface area contributed by atoms with Crippen LogP contribution in [-0.4, -0.2) is 42.5 Å². The van der Waals surface area contributed by atoms with E-state index in [9.17, 15) is 0 Å². The SMILES string of the molecule is CCN(CC)c1ccc(Nc2cnnc(Nc3ccc(OC)cc3OC)n2)cc1. The predicted octanol–water partition coefficient (Wildman–Crippen LogP) is 4.22. The first-order valence-electron chi connectivity index (χ1n) is 9.47. The van der Waals surface area contributed by atoms with Crippen molar-refractivity contribution in [2.75, 3.05) is 42.8 Å². The van der Waals surface area contributed by atoms with E-state index in [0.29, 0.717) is 23.3 Å². The quantitative estimate of drug-likeness (QED) is 0.558. The van der Waals surface area contributed by atoms with Crippen LogP contribution in [0.1, 0.15) is 13.8 Å². The maximum atomic E-state index is 5.40. The molecule has 2 N–H and O–H groups in total. The minimum atomic E-state index is 0.359. The van der Waals surface area contributed by atoms with Gasteiger partial charge in [-0.1, -0.05) is 0 Å². The van der Waals surface area contributed by atoms with Crippen LogP contribution in [0.5, 0.6) is 11.5 Å². The third-order valence-corrected chi connectivity index (χ3v) is 4.48. The monoisotopic (exact) mass is 394 g/mol. The summed E-state index contributed by atoms with van der Waals surface area (Å²) in [6, 6.07) is 13.7. The lowest BCUT2D eigenvalue weighted by atomic mass is 10.2. The molecule has 0 radical (unpaired) electrons. The van der Waals surface area contributed by atoms with E-state index in [-0.39, 0.29) is 0 Å². The van der Waals surface area contributed by atoms with Crippen LogP contribution in [0.15, 0.2) is 48.7 Å². The number of rotatable bonds is 9. The van der Waals surface area contributed by atoms with E-state index in [4.69, 9.17) is 9.47 Å². The molecule has 0 saturated carbocycles. The Morgan fingerprint density at radius 3 is 2.34 bits per heavy atom. The molecule has 0 spiro atoms. The molecule has 2 aromatic carbocycles. The highest BCUT2D eigenvalue weighted by Crippen LogP contribution is 2.30. The van der Waals surface area contributed by atoms with E-state index in [1.54, 1.807) is 26.5 Å². The second kappa shape index (κ2) is 9.59. The normalized spacial score (nSPS) is 10.3. The van der Waals surface area contributed by atoms with Gasteiger partial charge in [0.05, 0.1) is 26.1 Å². The molecule has 1 aromatic heterocycles. The molecule has 0 amide bonds. The first-order chi connectivity index (χ1) is 14.2. The van der Waals surface area contributed by atoms with Crippen molar-refractivity contribution in [3.8, 4) is 11.5 Å². The molecule has 0 bridgehead atoms. The largest absolute Gasteiger partial charge is 0.497 e. The van der Waals surface area contributed by atoms with Crippen molar-refractivity contribution >= 4 is 28.8 Å². The van der Waals surface area contributed by atoms with Gasteiger partial charge in [-0.2, -0.15) is 10.1 Å². The summed E-state index contributed by atoms with van der Waals surface area (Å²) in [7, 11) is 3.21. The van der Waals surface area contributed by atoms with Crippen LogP contribution in [0.3, 0.4) is 0 Å². The van der Waals surface area contributed by atoms with Crippen molar-refractivity contribution in [3.63, 3.8) is 0 Å². The minimum absolute atomic E-state index is 0.359. The second-order valence-electron chi connectivity index (χ2n) is 6.20. The topological polar surface area (TPSA) is 84.4 Å². The summed E-state index contributed by atoms with van der Waals surface area (Å²) >= 11 is 0. The van der Waals surface area contributed by atoms with Gasteiger partial charge in [-0.15, -0.1) is 5.10 Å². The molecule has 0 atom stereocenters. The highest BCUT2D eigenvalue weighted by Gasteiger charge is 2.08. The van der Waals surface area contributed by atoms with Gasteiger partial charge >= 0.3 is 0 Å². The van der Waals surface area contributed by atoms with Crippen molar-refractivity contribution < 1.29 is 9.47 Å². The Morgan fingerprint density at radius 1 is 0.931 bits per heavy atom. The van der Waals surface area contributed by atoms with Crippen molar-refractivity contribution in [2.45, 2.75) is 13.8 Å². The third kappa shape index (κ3) is 5.04. The van der Waals surface area contributed by atoms with Gasteiger partial charge in [0.25, 0.3) is 0 Å². The van der Waals surface area contributed by atoms with Gasteiger partial charge in [0.1, 0.15) is 11.5 Å². The molecular weight excluding hydrogens is 368 g/mol. The first-order valence-corrected chi connectivity index (χ1v) is 9.47. The molecule has 0 aliphatic heterocycles. The zero-order valence-corrected chi connectivity index (χ0v) is 17.1. The molecule has 0 aliphatic carbocycles. The Bertz CT molecular complexity index is 929. The molecular formula is C21H26N6O2. The Labute approximate surface area is 170 Å². The number of nitrogens with zero attached hydrogens (tertiary/aromatic N) is 4. The number of ether oxygens (including phenoxy) is 2. The summed E-state index contributed by atoms with van der Waals surface area (Å²) in [5.41, 5.74) is 2.83. The number of hydrogen-bond acceptors (Lipinski definition) is 8. The van der Waals surface area contributed by atoms with Crippen molar-refractivity contribution in [2.24, 2.45) is 0 Å². The highest BCUT2D eigenvalue weighted by molar-refractivity contribution is 5.66. The van der Waals surface area contributed by atoms with E-state index in [1.807, 2.05) is 24.3 Å². The Hall–Kier alpha value is -3.55. The Balaban J connectivity index is 1.73. The van der Waals surface area contributed by atoms with Gasteiger partial charge in [0.15, 0.2) is 5.82 Å². The lowest BCUT2D eigenvalue weighted by Gasteiger charge is -2.21. The lowest BCUT2D eigenvalue weighted by Crippen LogP contribution is -2.21. The van der Waals surface area contributed by atoms with E-state index in [2.05, 4.69) is 56.7 Å². The van der Waals surface area contributed by atoms with E-state index >= 15 is 0 Å². The fourth-order valence-corrected chi connectivity index (χ4v) is 2.93. The molecule has 8 heteroatoms. The number of nitrogens with one attached hydrogen (secondary N) is 2. The summed E-state index contributed by atoms with van der Waals surface area (Å²) in [6.07, 6.45) is 1.58. The van der Waals surface area contributed by atoms with Gasteiger partial charge in [0, 0.05) is 30.5 Å². The van der Waals surface area contributed by atoms with Crippen molar-refractivity contribution in [1.82, 2.24) is 15.2 Å². The fraction of sp³-hybridized carbons (Fsp3) is 0.286. The first kappa shape index (κ1) is 20.2. The van der Waals surface area contributed by atoms with Crippen molar-refractivity contribution in [3.05, 3.63) is 48.7 Å². The molecule has 29 heavy (non-hydrogen) atoms. The molecule has 3 aromatic rings. The van der Waals surface area contributed by atoms with Crippen molar-refractivity contribution in [1.29, 1.82) is 0 Å². The zero-order valence-electron chi connectivity index (χ0n) is 17.1. The molecule has 0 fully saturated rings. The van der Waals surface area contributed by atoms with Crippen LogP contribution in [-0.2, 0) is 0 Å². The molecule has 1 heterocycles. The van der Waals surface area contributed by atoms with E-state index < -0.39 is 0 Å². The molecule has 152 valence electrons. The summed E-state index contributed by atoms with van der Waals surface area (Å²) < 4.78 is 10.6. The van der Waals surface area contributed by atoms with E-state index in [1.165, 1.54) is 5.69 Å². The second-order valence-corrected chi connectivity index (χ2v) is 6.20. The number of benzene rings is 2. The van der Waals surface area contributed by atoms with Gasteiger partial charge in [-0.05, 0) is 50.2 Å². The lowest BCUT2D eigenvalue weighted by molar-refractivity contribution is 0.395. The average molecular weight is 394 g/mol. The maximum Gasteiger partial charge on any atom is 0.249 e. The van der Waals surface area contributed by atoms with Crippen LogP contribution in [0, 0.1) is 0 Å². The summed E-state index contributed by atoms with van der Waals surface area (Å²) in [4.78, 5) is 6.77. The average Bonchev–Trinajstić information content (AvgIpc) is 2.76. The predicted molar refractivity (Wildman–Crippen MR) is 116 cm³/mol. The summed E-state index contributed by atoms with van der Waals surface area (Å²) in [5, 5.41) is 14.5. The summed E-state index contributed by atoms with van der Waals surface area (Å²) in [5.74, 6) is 2.28. The van der Waals surface area contributed by atoms with Crippen LogP contribution in [0.4, 0.5) is 28.8 Å². The van der Waals surface area contributed by atoms with Gasteiger partial charge < -0.3 is 25.0 Å². The van der Waals surface area contributed by atoms with Crippen LogP contribution < -0.4 is 25.0 Å². The van der Waals surface area contributed by atoms with Gasteiger partial charge in [-0.3, -0.25) is 0 Å². The van der Waals surface area contributed by atoms with Gasteiger partial charge in [0.2, 0.25) is 5.95 Å². The summed E-state index contributed by atoms with van der Waals surface area (Å²) in [6.45, 7) is 6.25. The number of aromatic nitrogens is 3. The standard InChI is InChI=1S/C21H26N6O2/c1-5-27(6-2)16-9-7-15(8-10-16)23-20-14-22-26-21(25-20)24-18-12-11-17(28-3)13-19(18)29-4/h7-14H,5-6H2,1-4H3,(H2,23,24,25,26). The van der Waals surface area contributed by atoms with E-state index in [0.717, 1.165) is 24.5 Å². The number of hydrogen-bond donors (Lipinski definition) is 2. The number of anilines is 5. The molecule has 0 aliphatic rings. The zero-order chi connectivity index (χ0) is 20.6. The molecule has 3 rings (SSSR count). The molecule has 0 saturated heterocycles. The fourth-order valence-electron chi connectivity index (χ4n) is 2.93. The molecule has 8 nitrogen and oxygen atoms in total. The highest BCUT2D eigenvalue weighted by atomic mass is 16.5. The smallest absolute Gasteiger partial charge is 0.249 e. The third-order valence-electron chi connectivity index (χ3n) is 4.48. The van der Waals surface area contributed by atoms with Crippen LogP contribution in [0.25, 0.3) is 0 Å². The minimum Gasteiger partial charge on any atom is -0.497 e. The van der Waals surface area contributed by atoms with Crippen LogP contribution in [0.2, 0.25) is 0 Å². The number of methoxy groups -OCH3 is 2. The molecule has 0 unspecified atom stereocenters. The Morgan fingerprint density at radius 2 is 1.69 bits per heavy atom. The maximum absolute atomic E-state index is 5.40. The Kier molecular flexibility index (Phi) is 6.67. The van der Waals surface area contributed by atoms with Gasteiger partial charge in [-0.25, -0.2) is 0 Å². The van der Waals surface area contributed by atoms with Crippen LogP contribution >= 0.6 is 0 Å².